The van der Waals surface area contributed by atoms with Crippen molar-refractivity contribution in [3.05, 3.63) is 29.8 Å². The predicted octanol–water partition coefficient (Wildman–Crippen LogP) is 2.51. The van der Waals surface area contributed by atoms with Gasteiger partial charge >= 0.3 is 0 Å². The Balaban J connectivity index is 1.73. The van der Waals surface area contributed by atoms with Crippen LogP contribution in [0.25, 0.3) is 0 Å². The van der Waals surface area contributed by atoms with E-state index in [0.29, 0.717) is 44.0 Å². The van der Waals surface area contributed by atoms with E-state index < -0.39 is 11.6 Å². The number of rotatable bonds is 6. The molecule has 3 rings (SSSR count). The number of carbonyl (C=O) groups excluding carboxylic acids is 2. The molecule has 2 heterocycles. The maximum absolute atomic E-state index is 13.2. The maximum Gasteiger partial charge on any atom is 0.246 e. The Morgan fingerprint density at radius 1 is 1.21 bits per heavy atom. The van der Waals surface area contributed by atoms with E-state index in [1.807, 2.05) is 23.1 Å². The summed E-state index contributed by atoms with van der Waals surface area (Å²) in [7, 11) is 0. The molecule has 0 radical (unpaired) electrons. The first-order valence-corrected chi connectivity index (χ1v) is 10.5. The Kier molecular flexibility index (Phi) is 6.28. The zero-order chi connectivity index (χ0) is 20.3. The monoisotopic (exact) mass is 387 g/mol. The second-order valence-corrected chi connectivity index (χ2v) is 8.58. The smallest absolute Gasteiger partial charge is 0.246 e. The van der Waals surface area contributed by atoms with Crippen LogP contribution in [0, 0.1) is 5.92 Å². The minimum Gasteiger partial charge on any atom is -0.508 e. The Hall–Kier alpha value is -2.08. The van der Waals surface area contributed by atoms with E-state index in [1.165, 1.54) is 0 Å². The van der Waals surface area contributed by atoms with Crippen molar-refractivity contribution in [1.82, 2.24) is 15.1 Å². The van der Waals surface area contributed by atoms with Gasteiger partial charge in [-0.15, -0.1) is 0 Å². The van der Waals surface area contributed by atoms with Gasteiger partial charge in [0.15, 0.2) is 0 Å². The molecule has 0 saturated carbocycles. The van der Waals surface area contributed by atoms with Gasteiger partial charge in [-0.1, -0.05) is 39.0 Å². The van der Waals surface area contributed by atoms with Crippen LogP contribution in [0.15, 0.2) is 24.3 Å². The number of para-hydroxylation sites is 1. The summed E-state index contributed by atoms with van der Waals surface area (Å²) in [6.45, 7) is 8.94. The molecule has 1 aromatic rings. The summed E-state index contributed by atoms with van der Waals surface area (Å²) in [5.41, 5.74) is 0.167. The first-order valence-electron chi connectivity index (χ1n) is 10.5. The molecular weight excluding hydrogens is 354 g/mol. The molecular formula is C22H33N3O3. The van der Waals surface area contributed by atoms with Gasteiger partial charge in [-0.25, -0.2) is 0 Å². The number of piperazine rings is 1. The molecule has 1 aromatic carbocycles. The molecule has 28 heavy (non-hydrogen) atoms. The number of phenols is 1. The average Bonchev–Trinajstić information content (AvgIpc) is 2.66. The molecule has 2 aliphatic heterocycles. The van der Waals surface area contributed by atoms with Crippen molar-refractivity contribution in [1.29, 1.82) is 0 Å². The molecule has 6 nitrogen and oxygen atoms in total. The summed E-state index contributed by atoms with van der Waals surface area (Å²) in [4.78, 5) is 30.4. The van der Waals surface area contributed by atoms with Crippen LogP contribution in [0.5, 0.6) is 5.75 Å². The van der Waals surface area contributed by atoms with E-state index in [9.17, 15) is 14.7 Å². The number of nitrogens with zero attached hydrogens (tertiary/aromatic N) is 2. The Morgan fingerprint density at radius 3 is 2.50 bits per heavy atom. The second-order valence-electron chi connectivity index (χ2n) is 8.58. The molecule has 0 aliphatic carbocycles. The van der Waals surface area contributed by atoms with Gasteiger partial charge in [0.05, 0.1) is 0 Å². The molecule has 1 atom stereocenters. The molecule has 154 valence electrons. The molecule has 2 aliphatic rings. The first kappa shape index (κ1) is 20.6. The van der Waals surface area contributed by atoms with Crippen LogP contribution in [0.2, 0.25) is 0 Å². The number of phenolic OH excluding ortho intramolecular Hbond substituents is 1. The Labute approximate surface area is 167 Å². The number of benzene rings is 1. The SMILES string of the molecule is CCCN1C(=O)C(CC(C)C)NC(=O)C12CCN(Cc1ccccc1O)CC2. The Bertz CT molecular complexity index is 711. The van der Waals surface area contributed by atoms with Crippen molar-refractivity contribution in [2.75, 3.05) is 19.6 Å². The fourth-order valence-electron chi connectivity index (χ4n) is 4.52. The molecule has 0 aromatic heterocycles. The van der Waals surface area contributed by atoms with Gasteiger partial charge in [0.1, 0.15) is 17.3 Å². The minimum absolute atomic E-state index is 0.00779. The highest BCUT2D eigenvalue weighted by Crippen LogP contribution is 2.35. The second kappa shape index (κ2) is 8.52. The zero-order valence-electron chi connectivity index (χ0n) is 17.3. The lowest BCUT2D eigenvalue weighted by molar-refractivity contribution is -0.161. The van der Waals surface area contributed by atoms with Gasteiger partial charge in [0.2, 0.25) is 11.8 Å². The number of hydrogen-bond donors (Lipinski definition) is 2. The molecule has 2 fully saturated rings. The molecule has 2 N–H and O–H groups in total. The minimum atomic E-state index is -0.726. The zero-order valence-corrected chi connectivity index (χ0v) is 17.3. The molecule has 1 unspecified atom stereocenters. The number of aromatic hydroxyl groups is 1. The van der Waals surface area contributed by atoms with Crippen LogP contribution in [0.4, 0.5) is 0 Å². The van der Waals surface area contributed by atoms with Crippen molar-refractivity contribution in [2.24, 2.45) is 5.92 Å². The van der Waals surface area contributed by atoms with Crippen molar-refractivity contribution >= 4 is 11.8 Å². The summed E-state index contributed by atoms with van der Waals surface area (Å²) in [6.07, 6.45) is 2.79. The topological polar surface area (TPSA) is 72.9 Å². The molecule has 6 heteroatoms. The quantitative estimate of drug-likeness (QED) is 0.787. The lowest BCUT2D eigenvalue weighted by Crippen LogP contribution is -2.73. The third-order valence-corrected chi connectivity index (χ3v) is 6.03. The lowest BCUT2D eigenvalue weighted by atomic mass is 9.80. The van der Waals surface area contributed by atoms with Crippen molar-refractivity contribution < 1.29 is 14.7 Å². The van der Waals surface area contributed by atoms with E-state index in [1.54, 1.807) is 6.07 Å². The van der Waals surface area contributed by atoms with E-state index in [4.69, 9.17) is 0 Å². The molecule has 0 bridgehead atoms. The summed E-state index contributed by atoms with van der Waals surface area (Å²) in [5, 5.41) is 13.1. The van der Waals surface area contributed by atoms with Crippen LogP contribution < -0.4 is 5.32 Å². The summed E-state index contributed by atoms with van der Waals surface area (Å²) in [5.74, 6) is 0.738. The van der Waals surface area contributed by atoms with E-state index >= 15 is 0 Å². The molecule has 1 spiro atoms. The van der Waals surface area contributed by atoms with Gasteiger partial charge in [-0.3, -0.25) is 14.5 Å². The molecule has 2 amide bonds. The average molecular weight is 388 g/mol. The maximum atomic E-state index is 13.2. The van der Waals surface area contributed by atoms with Gasteiger partial charge < -0.3 is 15.3 Å². The standard InChI is InChI=1S/C22H33N3O3/c1-4-11-25-20(27)18(14-16(2)3)23-21(28)22(25)9-12-24(13-10-22)15-17-7-5-6-8-19(17)26/h5-8,16,18,26H,4,9-15H2,1-3H3,(H,23,28). The van der Waals surface area contributed by atoms with Gasteiger partial charge in [0, 0.05) is 31.7 Å². The van der Waals surface area contributed by atoms with E-state index in [-0.39, 0.29) is 11.8 Å². The summed E-state index contributed by atoms with van der Waals surface area (Å²) < 4.78 is 0. The third kappa shape index (κ3) is 4.02. The van der Waals surface area contributed by atoms with Crippen molar-refractivity contribution in [3.8, 4) is 5.75 Å². The highest BCUT2D eigenvalue weighted by Gasteiger charge is 2.53. The largest absolute Gasteiger partial charge is 0.508 e. The van der Waals surface area contributed by atoms with Gasteiger partial charge in [0.25, 0.3) is 0 Å². The van der Waals surface area contributed by atoms with E-state index in [0.717, 1.165) is 25.1 Å². The normalized spacial score (nSPS) is 22.7. The number of piperidine rings is 1. The third-order valence-electron chi connectivity index (χ3n) is 6.03. The number of nitrogens with one attached hydrogen (secondary N) is 1. The van der Waals surface area contributed by atoms with Crippen LogP contribution in [0.3, 0.4) is 0 Å². The van der Waals surface area contributed by atoms with Crippen LogP contribution >= 0.6 is 0 Å². The van der Waals surface area contributed by atoms with Crippen LogP contribution in [-0.4, -0.2) is 57.9 Å². The van der Waals surface area contributed by atoms with Gasteiger partial charge in [-0.2, -0.15) is 0 Å². The Morgan fingerprint density at radius 2 is 1.89 bits per heavy atom. The fraction of sp³-hybridized carbons (Fsp3) is 0.636. The highest BCUT2D eigenvalue weighted by atomic mass is 16.3. The van der Waals surface area contributed by atoms with E-state index in [2.05, 4.69) is 31.0 Å². The van der Waals surface area contributed by atoms with Crippen LogP contribution in [0.1, 0.15) is 52.0 Å². The lowest BCUT2D eigenvalue weighted by Gasteiger charge is -2.52. The number of hydrogen-bond acceptors (Lipinski definition) is 4. The number of carbonyl (C=O) groups is 2. The fourth-order valence-corrected chi connectivity index (χ4v) is 4.52. The van der Waals surface area contributed by atoms with Gasteiger partial charge in [-0.05, 0) is 37.7 Å². The number of amides is 2. The van der Waals surface area contributed by atoms with Crippen molar-refractivity contribution in [2.45, 2.75) is 64.6 Å². The highest BCUT2D eigenvalue weighted by molar-refractivity contribution is 6.00. The molecule has 2 saturated heterocycles. The first-order chi connectivity index (χ1) is 13.4. The van der Waals surface area contributed by atoms with Crippen LogP contribution in [-0.2, 0) is 16.1 Å². The summed E-state index contributed by atoms with van der Waals surface area (Å²) in [6, 6.07) is 6.97. The predicted molar refractivity (Wildman–Crippen MR) is 109 cm³/mol. The number of likely N-dealkylation sites (tertiary alicyclic amines) is 1. The summed E-state index contributed by atoms with van der Waals surface area (Å²) >= 11 is 0. The van der Waals surface area contributed by atoms with Crippen molar-refractivity contribution in [3.63, 3.8) is 0 Å².